The van der Waals surface area contributed by atoms with Crippen LogP contribution in [0.1, 0.15) is 193 Å². The first kappa shape index (κ1) is 68.3. The number of ketones is 8. The molecule has 94 heavy (non-hydrogen) atoms. The van der Waals surface area contributed by atoms with Crippen LogP contribution in [-0.2, 0) is 25.7 Å². The quantitative estimate of drug-likeness (QED) is 0.0582. The van der Waals surface area contributed by atoms with Crippen molar-refractivity contribution < 1.29 is 66.8 Å². The second-order valence-corrected chi connectivity index (χ2v) is 23.6. The molecule has 8 aromatic rings. The third kappa shape index (κ3) is 19.3. The van der Waals surface area contributed by atoms with Gasteiger partial charge in [-0.3, -0.25) is 38.4 Å². The second kappa shape index (κ2) is 34.0. The van der Waals surface area contributed by atoms with Gasteiger partial charge in [0.05, 0.1) is 46.2 Å². The van der Waals surface area contributed by atoms with Gasteiger partial charge >= 0.3 is 0 Å². The zero-order valence-corrected chi connectivity index (χ0v) is 54.0. The topological polar surface area (TPSA) is 192 Å². The molecule has 0 aliphatic carbocycles. The Kier molecular flexibility index (Phi) is 24.7. The fourth-order valence-electron chi connectivity index (χ4n) is 11.3. The molecule has 0 radical (unpaired) electrons. The van der Waals surface area contributed by atoms with Crippen LogP contribution in [0.4, 0.5) is 0 Å². The number of fused-ring (bicyclic) bond motifs is 4. The Balaban J connectivity index is 0.000000148. The number of para-hydroxylation sites is 1. The first-order valence-electron chi connectivity index (χ1n) is 32.3. The van der Waals surface area contributed by atoms with E-state index in [0.717, 1.165) is 108 Å². The van der Waals surface area contributed by atoms with Gasteiger partial charge in [-0.05, 0) is 136 Å². The summed E-state index contributed by atoms with van der Waals surface area (Å²) in [6, 6.07) is 51.3. The van der Waals surface area contributed by atoms with Gasteiger partial charge in [-0.1, -0.05) is 132 Å². The number of benzene rings is 8. The van der Waals surface area contributed by atoms with E-state index in [1.165, 1.54) is 7.11 Å². The maximum absolute atomic E-state index is 12.4. The van der Waals surface area contributed by atoms with Crippen molar-refractivity contribution in [2.75, 3.05) is 40.6 Å². The van der Waals surface area contributed by atoms with Crippen molar-refractivity contribution in [3.05, 3.63) is 248 Å². The first-order valence-corrected chi connectivity index (χ1v) is 32.3. The lowest BCUT2D eigenvalue weighted by Gasteiger charge is -2.17. The van der Waals surface area contributed by atoms with Crippen molar-refractivity contribution in [1.82, 2.24) is 0 Å². The number of methoxy groups -OCH3 is 2. The van der Waals surface area contributed by atoms with E-state index in [9.17, 15) is 38.4 Å². The molecule has 0 aromatic heterocycles. The molecular formula is C80H80O14. The van der Waals surface area contributed by atoms with Crippen molar-refractivity contribution in [1.29, 1.82) is 0 Å². The highest BCUT2D eigenvalue weighted by atomic mass is 16.5. The predicted octanol–water partition coefficient (Wildman–Crippen LogP) is 16.1. The SMILES string of the molecule is COc1cccc(C(=O)CCC(=O)c2ccc3c(c2)OCCC3)c1.COc1ccccc1C(=O)CCC(=O)c1ccc2c(c1)OCCC2.Cc1ccc(C(=O)CCC(=O)c2ccc3c(c2)OCCC3)cc1.Cc1ccc(C(=O)CCC(=O)c2ccc3c(c2)OCCC3)cc1. The van der Waals surface area contributed by atoms with Crippen molar-refractivity contribution in [3.8, 4) is 34.5 Å². The van der Waals surface area contributed by atoms with Gasteiger partial charge in [0.25, 0.3) is 0 Å². The molecule has 0 amide bonds. The highest BCUT2D eigenvalue weighted by Gasteiger charge is 2.21. The first-order chi connectivity index (χ1) is 45.6. The maximum atomic E-state index is 12.4. The predicted molar refractivity (Wildman–Crippen MR) is 361 cm³/mol. The van der Waals surface area contributed by atoms with Crippen molar-refractivity contribution in [2.24, 2.45) is 0 Å². The fraction of sp³-hybridized carbons (Fsp3) is 0.300. The van der Waals surface area contributed by atoms with E-state index in [1.54, 1.807) is 61.7 Å². The van der Waals surface area contributed by atoms with E-state index in [-0.39, 0.29) is 97.6 Å². The van der Waals surface area contributed by atoms with Crippen LogP contribution >= 0.6 is 0 Å². The average Bonchev–Trinajstić information content (AvgIpc) is 1.04. The molecule has 8 aromatic carbocycles. The third-order valence-corrected chi connectivity index (χ3v) is 16.8. The Morgan fingerprint density at radius 3 is 0.936 bits per heavy atom. The Morgan fingerprint density at radius 2 is 0.606 bits per heavy atom. The lowest BCUT2D eigenvalue weighted by molar-refractivity contribution is 0.0915. The van der Waals surface area contributed by atoms with Crippen LogP contribution in [0.2, 0.25) is 0 Å². The molecule has 0 saturated carbocycles. The molecule has 4 aliphatic rings. The molecule has 0 saturated heterocycles. The van der Waals surface area contributed by atoms with E-state index in [0.29, 0.717) is 82.4 Å². The van der Waals surface area contributed by atoms with Gasteiger partial charge in [-0.25, -0.2) is 0 Å². The number of hydrogen-bond donors (Lipinski definition) is 0. The number of hydrogen-bond acceptors (Lipinski definition) is 14. The summed E-state index contributed by atoms with van der Waals surface area (Å²) in [5, 5.41) is 0. The monoisotopic (exact) mass is 1260 g/mol. The Labute approximate surface area is 549 Å². The van der Waals surface area contributed by atoms with Gasteiger partial charge in [0.15, 0.2) is 46.3 Å². The minimum Gasteiger partial charge on any atom is -0.497 e. The van der Waals surface area contributed by atoms with Gasteiger partial charge in [0.1, 0.15) is 34.5 Å². The van der Waals surface area contributed by atoms with E-state index in [4.69, 9.17) is 28.4 Å². The summed E-state index contributed by atoms with van der Waals surface area (Å²) in [6.45, 7) is 6.76. The Bertz CT molecular complexity index is 3900. The van der Waals surface area contributed by atoms with Crippen LogP contribution in [0.5, 0.6) is 34.5 Å². The minimum atomic E-state index is -0.0880. The summed E-state index contributed by atoms with van der Waals surface area (Å²) in [5.74, 6) is 4.15. The lowest BCUT2D eigenvalue weighted by Crippen LogP contribution is -2.10. The number of rotatable bonds is 22. The number of aryl methyl sites for hydroxylation is 6. The number of carbonyl (C=O) groups is 8. The van der Waals surface area contributed by atoms with Crippen LogP contribution in [-0.4, -0.2) is 86.9 Å². The molecule has 14 nitrogen and oxygen atoms in total. The molecular weight excluding hydrogens is 1180 g/mol. The fourth-order valence-corrected chi connectivity index (χ4v) is 11.3. The van der Waals surface area contributed by atoms with E-state index in [2.05, 4.69) is 0 Å². The second-order valence-electron chi connectivity index (χ2n) is 23.6. The van der Waals surface area contributed by atoms with Gasteiger partial charge in [-0.2, -0.15) is 0 Å². The molecule has 0 atom stereocenters. The minimum absolute atomic E-state index is 0.00700. The van der Waals surface area contributed by atoms with Crippen molar-refractivity contribution in [3.63, 3.8) is 0 Å². The largest absolute Gasteiger partial charge is 0.497 e. The van der Waals surface area contributed by atoms with Crippen LogP contribution in [0.3, 0.4) is 0 Å². The van der Waals surface area contributed by atoms with Crippen LogP contribution in [0, 0.1) is 13.8 Å². The van der Waals surface area contributed by atoms with Gasteiger partial charge in [0.2, 0.25) is 0 Å². The number of ether oxygens (including phenoxy) is 6. The van der Waals surface area contributed by atoms with E-state index < -0.39 is 0 Å². The van der Waals surface area contributed by atoms with E-state index >= 15 is 0 Å². The van der Waals surface area contributed by atoms with Gasteiger partial charge in [-0.15, -0.1) is 0 Å². The van der Waals surface area contributed by atoms with E-state index in [1.807, 2.05) is 129 Å². The lowest BCUT2D eigenvalue weighted by atomic mass is 9.98. The normalized spacial score (nSPS) is 13.0. The molecule has 14 heteroatoms. The Hall–Kier alpha value is -10.1. The molecule has 0 spiro atoms. The summed E-state index contributed by atoms with van der Waals surface area (Å²) >= 11 is 0. The molecule has 0 N–H and O–H groups in total. The maximum Gasteiger partial charge on any atom is 0.167 e. The zero-order valence-electron chi connectivity index (χ0n) is 54.0. The summed E-state index contributed by atoms with van der Waals surface area (Å²) in [5.41, 5.74) is 11.7. The molecule has 12 rings (SSSR count). The summed E-state index contributed by atoms with van der Waals surface area (Å²) in [7, 11) is 3.09. The number of Topliss-reactive ketones (excluding diaryl/α,β-unsaturated/α-hetero) is 8. The van der Waals surface area contributed by atoms with Crippen LogP contribution in [0.15, 0.2) is 170 Å². The standard InChI is InChI=1S/2C20H20O4.2C20H20O3/c1-23-17-6-2-4-15(12-17)18(21)9-10-19(22)16-8-7-14-5-3-11-24-20(14)13-16;1-23-19-7-3-2-6-16(19)18(22)11-10-17(21)15-9-8-14-5-4-12-24-20(14)13-15;2*1-14-4-6-15(7-5-14)18(21)10-11-19(22)17-9-8-16-3-2-12-23-20(16)13-17/h2,4,6-8,12-13H,3,5,9-11H2,1H3;2-3,6-9,13H,4-5,10-12H2,1H3;2*4-9,13H,2-3,10-12H2,1H3. The summed E-state index contributed by atoms with van der Waals surface area (Å²) < 4.78 is 32.7. The third-order valence-electron chi connectivity index (χ3n) is 16.8. The zero-order chi connectivity index (χ0) is 66.3. The molecule has 0 fully saturated rings. The molecule has 0 unspecified atom stereocenters. The Morgan fingerprint density at radius 1 is 0.309 bits per heavy atom. The number of carbonyl (C=O) groups excluding carboxylic acids is 8. The van der Waals surface area contributed by atoms with Crippen molar-refractivity contribution >= 4 is 46.3 Å². The molecule has 484 valence electrons. The molecule has 0 bridgehead atoms. The molecule has 4 heterocycles. The van der Waals surface area contributed by atoms with Crippen LogP contribution in [0.25, 0.3) is 0 Å². The summed E-state index contributed by atoms with van der Waals surface area (Å²) in [6.07, 6.45) is 9.65. The van der Waals surface area contributed by atoms with Crippen molar-refractivity contribution in [2.45, 2.75) is 117 Å². The van der Waals surface area contributed by atoms with Gasteiger partial charge in [0, 0.05) is 90.3 Å². The average molecular weight is 1270 g/mol. The molecule has 4 aliphatic heterocycles. The highest BCUT2D eigenvalue weighted by Crippen LogP contribution is 2.31. The van der Waals surface area contributed by atoms with Crippen LogP contribution < -0.4 is 28.4 Å². The summed E-state index contributed by atoms with van der Waals surface area (Å²) in [4.78, 5) is 98.2. The highest BCUT2D eigenvalue weighted by molar-refractivity contribution is 6.05. The smallest absolute Gasteiger partial charge is 0.167 e. The van der Waals surface area contributed by atoms with Gasteiger partial charge < -0.3 is 28.4 Å².